The molecule has 124 valence electrons. The molecule has 23 heavy (non-hydrogen) atoms. The molecule has 2 rings (SSSR count). The molecule has 1 aromatic carbocycles. The summed E-state index contributed by atoms with van der Waals surface area (Å²) in [5.41, 5.74) is 5.06. The summed E-state index contributed by atoms with van der Waals surface area (Å²) in [6.45, 7) is 14.6. The topological polar surface area (TPSA) is 31.2 Å². The summed E-state index contributed by atoms with van der Waals surface area (Å²) < 4.78 is 7.94. The van der Waals surface area contributed by atoms with Gasteiger partial charge in [0.2, 0.25) is 5.78 Å². The van der Waals surface area contributed by atoms with E-state index in [1.165, 1.54) is 5.56 Å². The van der Waals surface area contributed by atoms with Crippen molar-refractivity contribution in [3.63, 3.8) is 0 Å². The van der Waals surface area contributed by atoms with Gasteiger partial charge in [-0.25, -0.2) is 0 Å². The average Bonchev–Trinajstić information content (AvgIpc) is 2.72. The summed E-state index contributed by atoms with van der Waals surface area (Å²) in [4.78, 5) is 12.6. The Hall–Kier alpha value is -2.03. The minimum Gasteiger partial charge on any atom is -0.485 e. The van der Waals surface area contributed by atoms with E-state index in [0.717, 1.165) is 28.3 Å². The van der Waals surface area contributed by atoms with Crippen LogP contribution in [-0.2, 0) is 5.54 Å². The number of ether oxygens (including phenoxy) is 1. The zero-order chi connectivity index (χ0) is 17.4. The van der Waals surface area contributed by atoms with Crippen LogP contribution in [0.15, 0.2) is 24.3 Å². The van der Waals surface area contributed by atoms with Gasteiger partial charge in [-0.2, -0.15) is 0 Å². The molecule has 0 saturated carbocycles. The van der Waals surface area contributed by atoms with E-state index in [2.05, 4.69) is 31.4 Å². The number of aryl methyl sites for hydroxylation is 3. The van der Waals surface area contributed by atoms with Gasteiger partial charge in [0, 0.05) is 22.5 Å². The summed E-state index contributed by atoms with van der Waals surface area (Å²) in [7, 11) is 0. The van der Waals surface area contributed by atoms with Crippen LogP contribution in [0.3, 0.4) is 0 Å². The lowest BCUT2D eigenvalue weighted by atomic mass is 10.1. The molecule has 0 unspecified atom stereocenters. The molecule has 0 saturated heterocycles. The van der Waals surface area contributed by atoms with Gasteiger partial charge in [0.1, 0.15) is 5.75 Å². The summed E-state index contributed by atoms with van der Waals surface area (Å²) in [6.07, 6.45) is 0. The predicted octanol–water partition coefficient (Wildman–Crippen LogP) is 4.74. The number of hydrogen-bond donors (Lipinski definition) is 0. The molecular weight excluding hydrogens is 286 g/mol. The first-order valence-electron chi connectivity index (χ1n) is 8.04. The molecule has 1 aromatic heterocycles. The van der Waals surface area contributed by atoms with Crippen LogP contribution in [0, 0.1) is 27.7 Å². The number of hydrogen-bond acceptors (Lipinski definition) is 2. The zero-order valence-corrected chi connectivity index (χ0v) is 15.3. The van der Waals surface area contributed by atoms with Crippen LogP contribution in [0.1, 0.15) is 53.6 Å². The number of carbonyl (C=O) groups is 1. The number of nitrogens with zero attached hydrogens (tertiary/aromatic N) is 1. The Balaban J connectivity index is 2.19. The van der Waals surface area contributed by atoms with Gasteiger partial charge >= 0.3 is 0 Å². The SMILES string of the molecule is Cc1ccc(OCC(=O)c2cc(C)n(C(C)(C)C)c2C)c(C)c1. The number of ketones is 1. The highest BCUT2D eigenvalue weighted by molar-refractivity contribution is 5.98. The van der Waals surface area contributed by atoms with Crippen molar-refractivity contribution in [1.82, 2.24) is 4.57 Å². The lowest BCUT2D eigenvalue weighted by Gasteiger charge is -2.25. The van der Waals surface area contributed by atoms with Gasteiger partial charge in [-0.05, 0) is 66.2 Å². The van der Waals surface area contributed by atoms with E-state index in [1.54, 1.807) is 0 Å². The van der Waals surface area contributed by atoms with E-state index < -0.39 is 0 Å². The van der Waals surface area contributed by atoms with Crippen LogP contribution < -0.4 is 4.74 Å². The lowest BCUT2D eigenvalue weighted by molar-refractivity contribution is 0.0920. The van der Waals surface area contributed by atoms with E-state index in [0.29, 0.717) is 0 Å². The second-order valence-electron chi connectivity index (χ2n) is 7.27. The molecule has 0 aliphatic heterocycles. The maximum atomic E-state index is 12.6. The number of aromatic nitrogens is 1. The molecule has 1 heterocycles. The van der Waals surface area contributed by atoms with E-state index in [-0.39, 0.29) is 17.9 Å². The van der Waals surface area contributed by atoms with E-state index in [9.17, 15) is 4.79 Å². The summed E-state index contributed by atoms with van der Waals surface area (Å²) >= 11 is 0. The number of Topliss-reactive ketones (excluding diaryl/α,β-unsaturated/α-hetero) is 1. The van der Waals surface area contributed by atoms with Gasteiger partial charge in [0.25, 0.3) is 0 Å². The molecular formula is C20H27NO2. The highest BCUT2D eigenvalue weighted by atomic mass is 16.5. The molecule has 0 N–H and O–H groups in total. The lowest BCUT2D eigenvalue weighted by Crippen LogP contribution is -2.24. The highest BCUT2D eigenvalue weighted by Gasteiger charge is 2.22. The van der Waals surface area contributed by atoms with Crippen molar-refractivity contribution in [2.45, 2.75) is 54.0 Å². The van der Waals surface area contributed by atoms with Gasteiger partial charge < -0.3 is 9.30 Å². The maximum absolute atomic E-state index is 12.6. The molecule has 0 spiro atoms. The van der Waals surface area contributed by atoms with Crippen molar-refractivity contribution in [3.8, 4) is 5.75 Å². The predicted molar refractivity (Wildman–Crippen MR) is 94.6 cm³/mol. The smallest absolute Gasteiger partial charge is 0.202 e. The summed E-state index contributed by atoms with van der Waals surface area (Å²) in [6, 6.07) is 7.95. The fourth-order valence-electron chi connectivity index (χ4n) is 3.26. The van der Waals surface area contributed by atoms with Crippen LogP contribution in [-0.4, -0.2) is 17.0 Å². The van der Waals surface area contributed by atoms with Crippen LogP contribution in [0.4, 0.5) is 0 Å². The standard InChI is InChI=1S/C20H27NO2/c1-13-8-9-19(14(2)10-13)23-12-18(22)17-11-15(3)21(16(17)4)20(5,6)7/h8-11H,12H2,1-7H3. The molecule has 2 aromatic rings. The molecule has 0 fully saturated rings. The van der Waals surface area contributed by atoms with Crippen molar-refractivity contribution in [2.75, 3.05) is 6.61 Å². The Bertz CT molecular complexity index is 733. The first-order valence-corrected chi connectivity index (χ1v) is 8.04. The molecule has 3 nitrogen and oxygen atoms in total. The Morgan fingerprint density at radius 1 is 1.09 bits per heavy atom. The van der Waals surface area contributed by atoms with Crippen molar-refractivity contribution < 1.29 is 9.53 Å². The van der Waals surface area contributed by atoms with Crippen LogP contribution in [0.2, 0.25) is 0 Å². The minimum absolute atomic E-state index is 0.0218. The second kappa shape index (κ2) is 6.23. The Morgan fingerprint density at radius 3 is 2.26 bits per heavy atom. The minimum atomic E-state index is -0.0406. The van der Waals surface area contributed by atoms with Gasteiger partial charge in [-0.15, -0.1) is 0 Å². The monoisotopic (exact) mass is 313 g/mol. The van der Waals surface area contributed by atoms with Gasteiger partial charge in [0.15, 0.2) is 6.61 Å². The number of carbonyl (C=O) groups excluding carboxylic acids is 1. The number of rotatable bonds is 4. The quantitative estimate of drug-likeness (QED) is 0.764. The molecule has 0 aliphatic carbocycles. The fraction of sp³-hybridized carbons (Fsp3) is 0.450. The third-order valence-electron chi connectivity index (χ3n) is 4.09. The van der Waals surface area contributed by atoms with Crippen LogP contribution >= 0.6 is 0 Å². The van der Waals surface area contributed by atoms with Gasteiger partial charge in [0.05, 0.1) is 0 Å². The van der Waals surface area contributed by atoms with Crippen LogP contribution in [0.5, 0.6) is 5.75 Å². The fourth-order valence-corrected chi connectivity index (χ4v) is 3.26. The number of benzene rings is 1. The largest absolute Gasteiger partial charge is 0.485 e. The Kier molecular flexibility index (Phi) is 4.69. The van der Waals surface area contributed by atoms with E-state index in [1.807, 2.05) is 45.9 Å². The van der Waals surface area contributed by atoms with Crippen molar-refractivity contribution >= 4 is 5.78 Å². The zero-order valence-electron chi connectivity index (χ0n) is 15.3. The van der Waals surface area contributed by atoms with Crippen molar-refractivity contribution in [3.05, 3.63) is 52.3 Å². The van der Waals surface area contributed by atoms with E-state index >= 15 is 0 Å². The third kappa shape index (κ3) is 3.66. The first kappa shape index (κ1) is 17.3. The molecule has 0 radical (unpaired) electrons. The van der Waals surface area contributed by atoms with Crippen LogP contribution in [0.25, 0.3) is 0 Å². The molecule has 0 bridgehead atoms. The van der Waals surface area contributed by atoms with Crippen molar-refractivity contribution in [2.24, 2.45) is 0 Å². The van der Waals surface area contributed by atoms with E-state index in [4.69, 9.17) is 4.74 Å². The summed E-state index contributed by atoms with van der Waals surface area (Å²) in [5, 5.41) is 0. The Labute approximate surface area is 139 Å². The third-order valence-corrected chi connectivity index (χ3v) is 4.09. The molecule has 3 heteroatoms. The van der Waals surface area contributed by atoms with Gasteiger partial charge in [-0.1, -0.05) is 17.7 Å². The van der Waals surface area contributed by atoms with Crippen molar-refractivity contribution in [1.29, 1.82) is 0 Å². The second-order valence-corrected chi connectivity index (χ2v) is 7.27. The molecule has 0 aliphatic rings. The molecule has 0 amide bonds. The van der Waals surface area contributed by atoms with Gasteiger partial charge in [-0.3, -0.25) is 4.79 Å². The summed E-state index contributed by atoms with van der Waals surface area (Å²) in [5.74, 6) is 0.794. The molecule has 0 atom stereocenters. The maximum Gasteiger partial charge on any atom is 0.202 e. The normalized spacial score (nSPS) is 11.6. The highest BCUT2D eigenvalue weighted by Crippen LogP contribution is 2.25. The average molecular weight is 313 g/mol. The Morgan fingerprint density at radius 2 is 1.74 bits per heavy atom. The first-order chi connectivity index (χ1) is 10.6.